The number of hydrogen-bond acceptors (Lipinski definition) is 3. The van der Waals surface area contributed by atoms with Crippen molar-refractivity contribution in [3.63, 3.8) is 0 Å². The van der Waals surface area contributed by atoms with Gasteiger partial charge in [0.1, 0.15) is 11.4 Å². The number of aliphatic hydroxyl groups excluding tert-OH is 1. The first-order valence-electron chi connectivity index (χ1n) is 9.05. The van der Waals surface area contributed by atoms with Gasteiger partial charge in [0.2, 0.25) is 0 Å². The third-order valence-corrected chi connectivity index (χ3v) is 7.72. The molecule has 3 aliphatic rings. The minimum Gasteiger partial charge on any atom is -0.390 e. The summed E-state index contributed by atoms with van der Waals surface area (Å²) < 4.78 is 6.48. The van der Waals surface area contributed by atoms with Crippen LogP contribution < -0.4 is 0 Å². The van der Waals surface area contributed by atoms with Crippen LogP contribution in [0, 0.1) is 22.7 Å². The summed E-state index contributed by atoms with van der Waals surface area (Å²) in [6, 6.07) is 0. The van der Waals surface area contributed by atoms with E-state index in [1.165, 1.54) is 0 Å². The molecule has 1 aliphatic heterocycles. The van der Waals surface area contributed by atoms with Crippen molar-refractivity contribution in [2.45, 2.75) is 84.0 Å². The molecular weight excluding hydrogens is 288 g/mol. The van der Waals surface area contributed by atoms with Crippen molar-refractivity contribution in [2.24, 2.45) is 22.7 Å². The number of Topliss-reactive ketones (excluding diaryl/α,β-unsaturated/α-hetero) is 1. The second kappa shape index (κ2) is 4.92. The maximum atomic E-state index is 12.5. The van der Waals surface area contributed by atoms with E-state index in [-0.39, 0.29) is 22.3 Å². The fourth-order valence-electron chi connectivity index (χ4n) is 6.15. The van der Waals surface area contributed by atoms with Gasteiger partial charge in [-0.3, -0.25) is 4.79 Å². The molecule has 2 saturated carbocycles. The first-order chi connectivity index (χ1) is 10.5. The molecule has 0 aromatic rings. The van der Waals surface area contributed by atoms with Crippen molar-refractivity contribution < 1.29 is 14.6 Å². The van der Waals surface area contributed by atoms with E-state index in [1.54, 1.807) is 6.08 Å². The molecule has 0 bridgehead atoms. The predicted molar refractivity (Wildman–Crippen MR) is 91.1 cm³/mol. The van der Waals surface area contributed by atoms with Crippen LogP contribution in [-0.2, 0) is 9.53 Å². The maximum Gasteiger partial charge on any atom is 0.138 e. The number of aliphatic hydroxyl groups is 1. The van der Waals surface area contributed by atoms with E-state index in [0.29, 0.717) is 18.1 Å². The van der Waals surface area contributed by atoms with E-state index in [2.05, 4.69) is 34.3 Å². The summed E-state index contributed by atoms with van der Waals surface area (Å²) in [6.45, 7) is 14.6. The van der Waals surface area contributed by atoms with Gasteiger partial charge in [0, 0.05) is 11.8 Å². The lowest BCUT2D eigenvalue weighted by Crippen LogP contribution is -2.66. The SMILES string of the molecule is C=C[C@]1(C)O[C@@]2(C)CC[C@@H]3C(C)(C)C(=O)CC[C@@]3(C)[C@H]2C[C@H]1O. The van der Waals surface area contributed by atoms with E-state index >= 15 is 0 Å². The summed E-state index contributed by atoms with van der Waals surface area (Å²) in [6.07, 6.45) is 5.49. The van der Waals surface area contributed by atoms with Gasteiger partial charge in [-0.15, -0.1) is 6.58 Å². The van der Waals surface area contributed by atoms with Gasteiger partial charge >= 0.3 is 0 Å². The van der Waals surface area contributed by atoms with Gasteiger partial charge in [-0.05, 0) is 56.8 Å². The maximum absolute atomic E-state index is 12.5. The van der Waals surface area contributed by atoms with Crippen molar-refractivity contribution in [3.8, 4) is 0 Å². The molecule has 130 valence electrons. The molecule has 0 unspecified atom stereocenters. The smallest absolute Gasteiger partial charge is 0.138 e. The Balaban J connectivity index is 2.01. The molecule has 0 aromatic carbocycles. The second-order valence-electron chi connectivity index (χ2n) is 9.35. The lowest BCUT2D eigenvalue weighted by molar-refractivity contribution is -0.279. The first-order valence-corrected chi connectivity index (χ1v) is 9.05. The first kappa shape index (κ1) is 17.2. The van der Waals surface area contributed by atoms with E-state index < -0.39 is 11.7 Å². The Bertz CT molecular complexity index is 539. The van der Waals surface area contributed by atoms with Crippen LogP contribution in [0.2, 0.25) is 0 Å². The molecule has 3 fully saturated rings. The fourth-order valence-corrected chi connectivity index (χ4v) is 6.15. The predicted octanol–water partition coefficient (Wildman–Crippen LogP) is 3.89. The summed E-state index contributed by atoms with van der Waals surface area (Å²) in [7, 11) is 0. The third-order valence-electron chi connectivity index (χ3n) is 7.72. The quantitative estimate of drug-likeness (QED) is 0.746. The normalized spacial score (nSPS) is 52.4. The Kier molecular flexibility index (Phi) is 3.67. The zero-order chi connectivity index (χ0) is 17.3. The lowest BCUT2D eigenvalue weighted by atomic mass is 9.44. The molecule has 6 atom stereocenters. The van der Waals surface area contributed by atoms with Gasteiger partial charge in [0.15, 0.2) is 0 Å². The summed E-state index contributed by atoms with van der Waals surface area (Å²) >= 11 is 0. The van der Waals surface area contributed by atoms with Crippen LogP contribution in [0.25, 0.3) is 0 Å². The molecule has 1 saturated heterocycles. The van der Waals surface area contributed by atoms with Gasteiger partial charge in [-0.25, -0.2) is 0 Å². The van der Waals surface area contributed by atoms with E-state index in [9.17, 15) is 9.90 Å². The lowest BCUT2D eigenvalue weighted by Gasteiger charge is -2.65. The van der Waals surface area contributed by atoms with E-state index in [4.69, 9.17) is 4.74 Å². The van der Waals surface area contributed by atoms with Crippen LogP contribution in [0.5, 0.6) is 0 Å². The third kappa shape index (κ3) is 2.19. The summed E-state index contributed by atoms with van der Waals surface area (Å²) in [5.41, 5.74) is -1.13. The van der Waals surface area contributed by atoms with Crippen LogP contribution in [0.1, 0.15) is 66.7 Å². The number of carbonyl (C=O) groups excluding carboxylic acids is 1. The van der Waals surface area contributed by atoms with Crippen LogP contribution in [0.15, 0.2) is 12.7 Å². The van der Waals surface area contributed by atoms with Crippen molar-refractivity contribution in [1.82, 2.24) is 0 Å². The Morgan fingerprint density at radius 1 is 1.17 bits per heavy atom. The Labute approximate surface area is 140 Å². The van der Waals surface area contributed by atoms with Gasteiger partial charge in [-0.2, -0.15) is 0 Å². The van der Waals surface area contributed by atoms with Crippen molar-refractivity contribution >= 4 is 5.78 Å². The van der Waals surface area contributed by atoms with Gasteiger partial charge in [-0.1, -0.05) is 26.8 Å². The zero-order valence-electron chi connectivity index (χ0n) is 15.3. The number of ether oxygens (including phenoxy) is 1. The Morgan fingerprint density at radius 2 is 1.83 bits per heavy atom. The minimum absolute atomic E-state index is 0.0495. The van der Waals surface area contributed by atoms with Crippen LogP contribution in [0.4, 0.5) is 0 Å². The molecule has 0 spiro atoms. The Hall–Kier alpha value is -0.670. The molecule has 3 heteroatoms. The molecule has 3 nitrogen and oxygen atoms in total. The number of carbonyl (C=O) groups is 1. The van der Waals surface area contributed by atoms with E-state index in [0.717, 1.165) is 25.7 Å². The molecule has 0 aromatic heterocycles. The van der Waals surface area contributed by atoms with Crippen molar-refractivity contribution in [2.75, 3.05) is 0 Å². The molecule has 1 N–H and O–H groups in total. The molecule has 3 rings (SSSR count). The van der Waals surface area contributed by atoms with Crippen LogP contribution in [-0.4, -0.2) is 28.2 Å². The average molecular weight is 320 g/mol. The number of ketones is 1. The standard InChI is InChI=1S/C20H32O3/c1-7-19(5)16(22)12-14-18(4)10-9-15(21)17(2,3)13(18)8-11-20(14,6)23-19/h7,13-14,16,22H,1,8-12H2,2-6H3/t13-,14-,16-,18-,19+,20+/m1/s1. The highest BCUT2D eigenvalue weighted by molar-refractivity contribution is 5.85. The molecule has 0 radical (unpaired) electrons. The highest BCUT2D eigenvalue weighted by atomic mass is 16.5. The monoisotopic (exact) mass is 320 g/mol. The van der Waals surface area contributed by atoms with Gasteiger partial charge < -0.3 is 9.84 Å². The minimum atomic E-state index is -0.672. The Morgan fingerprint density at radius 3 is 2.43 bits per heavy atom. The number of rotatable bonds is 1. The number of fused-ring (bicyclic) bond motifs is 3. The number of hydrogen-bond donors (Lipinski definition) is 1. The van der Waals surface area contributed by atoms with E-state index in [1.807, 2.05) is 6.92 Å². The van der Waals surface area contributed by atoms with Crippen LogP contribution in [0.3, 0.4) is 0 Å². The summed E-state index contributed by atoms with van der Waals surface area (Å²) in [4.78, 5) is 12.5. The van der Waals surface area contributed by atoms with Crippen molar-refractivity contribution in [3.05, 3.63) is 12.7 Å². The largest absolute Gasteiger partial charge is 0.390 e. The summed E-state index contributed by atoms with van der Waals surface area (Å²) in [5, 5.41) is 10.7. The van der Waals surface area contributed by atoms with Gasteiger partial charge in [0.25, 0.3) is 0 Å². The highest BCUT2D eigenvalue weighted by Gasteiger charge is 2.64. The highest BCUT2D eigenvalue weighted by Crippen LogP contribution is 2.64. The van der Waals surface area contributed by atoms with Gasteiger partial charge in [0.05, 0.1) is 11.7 Å². The average Bonchev–Trinajstić information content (AvgIpc) is 2.46. The molecule has 2 aliphatic carbocycles. The summed E-state index contributed by atoms with van der Waals surface area (Å²) in [5.74, 6) is 1.05. The topological polar surface area (TPSA) is 46.5 Å². The molecule has 23 heavy (non-hydrogen) atoms. The fraction of sp³-hybridized carbons (Fsp3) is 0.850. The van der Waals surface area contributed by atoms with Crippen LogP contribution >= 0.6 is 0 Å². The second-order valence-corrected chi connectivity index (χ2v) is 9.35. The molecule has 1 heterocycles. The van der Waals surface area contributed by atoms with Crippen molar-refractivity contribution in [1.29, 1.82) is 0 Å². The molecule has 0 amide bonds. The molecular formula is C20H32O3. The zero-order valence-corrected chi connectivity index (χ0v) is 15.3.